The highest BCUT2D eigenvalue weighted by Gasteiger charge is 2.29. The number of hydrogen-bond donors (Lipinski definition) is 1. The molecule has 1 fully saturated rings. The van der Waals surface area contributed by atoms with E-state index in [4.69, 9.17) is 9.47 Å². The lowest BCUT2D eigenvalue weighted by atomic mass is 10.0. The van der Waals surface area contributed by atoms with Crippen molar-refractivity contribution in [1.29, 1.82) is 0 Å². The van der Waals surface area contributed by atoms with E-state index in [1.54, 1.807) is 19.1 Å². The zero-order valence-corrected chi connectivity index (χ0v) is 11.7. The van der Waals surface area contributed by atoms with E-state index < -0.39 is 0 Å². The molecule has 0 spiro atoms. The Morgan fingerprint density at radius 3 is 2.95 bits per heavy atom. The normalized spacial score (nSPS) is 22.3. The Kier molecular flexibility index (Phi) is 4.04. The Morgan fingerprint density at radius 1 is 1.58 bits per heavy atom. The predicted octanol–water partition coefficient (Wildman–Crippen LogP) is 2.16. The summed E-state index contributed by atoms with van der Waals surface area (Å²) < 4.78 is 10.4. The van der Waals surface area contributed by atoms with Crippen molar-refractivity contribution < 1.29 is 14.3 Å². The van der Waals surface area contributed by atoms with E-state index in [0.717, 1.165) is 31.8 Å². The third-order valence-corrected chi connectivity index (χ3v) is 3.44. The molecule has 5 nitrogen and oxygen atoms in total. The number of carbonyl (C=O) groups excluding carboxylic acids is 1. The second-order valence-electron chi connectivity index (χ2n) is 5.08. The third kappa shape index (κ3) is 3.23. The molecule has 1 saturated heterocycles. The number of anilines is 1. The first-order chi connectivity index (χ1) is 9.04. The van der Waals surface area contributed by atoms with Crippen LogP contribution >= 0.6 is 0 Å². The van der Waals surface area contributed by atoms with E-state index >= 15 is 0 Å². The Morgan fingerprint density at radius 2 is 2.37 bits per heavy atom. The molecule has 1 N–H and O–H groups in total. The molecular formula is C14H20N2O3. The van der Waals surface area contributed by atoms with Gasteiger partial charge in [-0.3, -0.25) is 0 Å². The standard InChI is InChI=1S/C14H20N2O3/c1-10-11(13(17)18-3)5-6-12(16-10)15-9-14(2)7-4-8-19-14/h5-6H,4,7-9H2,1-3H3,(H,15,16). The lowest BCUT2D eigenvalue weighted by Crippen LogP contribution is -2.32. The van der Waals surface area contributed by atoms with Crippen molar-refractivity contribution in [3.05, 3.63) is 23.4 Å². The highest BCUT2D eigenvalue weighted by atomic mass is 16.5. The fourth-order valence-electron chi connectivity index (χ4n) is 2.24. The van der Waals surface area contributed by atoms with Crippen LogP contribution in [0.25, 0.3) is 0 Å². The molecule has 0 bridgehead atoms. The Bertz CT molecular complexity index is 468. The zero-order chi connectivity index (χ0) is 13.9. The van der Waals surface area contributed by atoms with Gasteiger partial charge in [0.25, 0.3) is 0 Å². The first-order valence-electron chi connectivity index (χ1n) is 6.48. The quantitative estimate of drug-likeness (QED) is 0.844. The summed E-state index contributed by atoms with van der Waals surface area (Å²) in [6.07, 6.45) is 2.16. The smallest absolute Gasteiger partial charge is 0.339 e. The van der Waals surface area contributed by atoms with Crippen LogP contribution in [0.3, 0.4) is 0 Å². The monoisotopic (exact) mass is 264 g/mol. The molecule has 1 aromatic rings. The number of ether oxygens (including phenoxy) is 2. The molecule has 1 aliphatic rings. The van der Waals surface area contributed by atoms with Crippen LogP contribution in [0.5, 0.6) is 0 Å². The van der Waals surface area contributed by atoms with Gasteiger partial charge in [0.15, 0.2) is 0 Å². The molecule has 1 atom stereocenters. The van der Waals surface area contributed by atoms with E-state index in [1.807, 2.05) is 0 Å². The van der Waals surface area contributed by atoms with Crippen LogP contribution in [-0.2, 0) is 9.47 Å². The summed E-state index contributed by atoms with van der Waals surface area (Å²) in [5.41, 5.74) is 1.04. The summed E-state index contributed by atoms with van der Waals surface area (Å²) in [7, 11) is 1.37. The van der Waals surface area contributed by atoms with Gasteiger partial charge in [-0.2, -0.15) is 0 Å². The fraction of sp³-hybridized carbons (Fsp3) is 0.571. The number of esters is 1. The second-order valence-corrected chi connectivity index (χ2v) is 5.08. The molecule has 19 heavy (non-hydrogen) atoms. The molecule has 2 rings (SSSR count). The number of nitrogens with one attached hydrogen (secondary N) is 1. The predicted molar refractivity (Wildman–Crippen MR) is 72.4 cm³/mol. The Balaban J connectivity index is 2.02. The van der Waals surface area contributed by atoms with Gasteiger partial charge in [-0.1, -0.05) is 0 Å². The van der Waals surface area contributed by atoms with E-state index in [0.29, 0.717) is 11.3 Å². The molecule has 0 aromatic carbocycles. The number of nitrogens with zero attached hydrogens (tertiary/aromatic N) is 1. The minimum Gasteiger partial charge on any atom is -0.465 e. The molecule has 0 aliphatic carbocycles. The van der Waals surface area contributed by atoms with Crippen LogP contribution in [0, 0.1) is 6.92 Å². The maximum absolute atomic E-state index is 11.5. The van der Waals surface area contributed by atoms with Crippen molar-refractivity contribution in [1.82, 2.24) is 4.98 Å². The summed E-state index contributed by atoms with van der Waals surface area (Å²) in [6.45, 7) is 5.44. The topological polar surface area (TPSA) is 60.5 Å². The summed E-state index contributed by atoms with van der Waals surface area (Å²) in [4.78, 5) is 15.8. The number of aromatic nitrogens is 1. The van der Waals surface area contributed by atoms with Gasteiger partial charge in [-0.15, -0.1) is 0 Å². The summed E-state index contributed by atoms with van der Waals surface area (Å²) in [5.74, 6) is 0.393. The van der Waals surface area contributed by atoms with Crippen molar-refractivity contribution in [3.63, 3.8) is 0 Å². The second kappa shape index (κ2) is 5.57. The van der Waals surface area contributed by atoms with Gasteiger partial charge in [0.05, 0.1) is 24.0 Å². The third-order valence-electron chi connectivity index (χ3n) is 3.44. The summed E-state index contributed by atoms with van der Waals surface area (Å²) >= 11 is 0. The first-order valence-corrected chi connectivity index (χ1v) is 6.48. The minimum atomic E-state index is -0.359. The van der Waals surface area contributed by atoms with Crippen molar-refractivity contribution in [2.24, 2.45) is 0 Å². The van der Waals surface area contributed by atoms with E-state index in [-0.39, 0.29) is 11.6 Å². The summed E-state index contributed by atoms with van der Waals surface area (Å²) in [5, 5.41) is 3.26. The van der Waals surface area contributed by atoms with Crippen LogP contribution < -0.4 is 5.32 Å². The van der Waals surface area contributed by atoms with Crippen molar-refractivity contribution in [2.75, 3.05) is 25.6 Å². The number of rotatable bonds is 4. The maximum Gasteiger partial charge on any atom is 0.339 e. The fourth-order valence-corrected chi connectivity index (χ4v) is 2.24. The average molecular weight is 264 g/mol. The van der Waals surface area contributed by atoms with Gasteiger partial charge < -0.3 is 14.8 Å². The lowest BCUT2D eigenvalue weighted by molar-refractivity contribution is 0.0314. The Labute approximate surface area is 113 Å². The molecular weight excluding hydrogens is 244 g/mol. The molecule has 0 saturated carbocycles. The van der Waals surface area contributed by atoms with Gasteiger partial charge in [0.1, 0.15) is 5.82 Å². The molecule has 2 heterocycles. The van der Waals surface area contributed by atoms with Crippen LogP contribution in [0.1, 0.15) is 35.8 Å². The highest BCUT2D eigenvalue weighted by molar-refractivity contribution is 5.90. The van der Waals surface area contributed by atoms with E-state index in [9.17, 15) is 4.79 Å². The molecule has 1 aliphatic heterocycles. The van der Waals surface area contributed by atoms with Gasteiger partial charge in [-0.25, -0.2) is 9.78 Å². The number of carbonyl (C=O) groups is 1. The van der Waals surface area contributed by atoms with Crippen LogP contribution in [0.2, 0.25) is 0 Å². The number of pyridine rings is 1. The first kappa shape index (κ1) is 13.8. The average Bonchev–Trinajstić information content (AvgIpc) is 2.83. The van der Waals surface area contributed by atoms with Crippen molar-refractivity contribution in [2.45, 2.75) is 32.3 Å². The SMILES string of the molecule is COC(=O)c1ccc(NCC2(C)CCCO2)nc1C. The van der Waals surface area contributed by atoms with Gasteiger partial charge in [0, 0.05) is 13.2 Å². The van der Waals surface area contributed by atoms with Gasteiger partial charge in [0.2, 0.25) is 0 Å². The highest BCUT2D eigenvalue weighted by Crippen LogP contribution is 2.25. The molecule has 0 amide bonds. The molecule has 1 aromatic heterocycles. The minimum absolute atomic E-state index is 0.114. The van der Waals surface area contributed by atoms with Crippen LogP contribution in [0.15, 0.2) is 12.1 Å². The zero-order valence-electron chi connectivity index (χ0n) is 11.7. The van der Waals surface area contributed by atoms with Crippen LogP contribution in [-0.4, -0.2) is 36.8 Å². The number of hydrogen-bond acceptors (Lipinski definition) is 5. The molecule has 1 unspecified atom stereocenters. The molecule has 0 radical (unpaired) electrons. The van der Waals surface area contributed by atoms with Gasteiger partial charge >= 0.3 is 5.97 Å². The van der Waals surface area contributed by atoms with Gasteiger partial charge in [-0.05, 0) is 38.8 Å². The number of methoxy groups -OCH3 is 1. The molecule has 104 valence electrons. The summed E-state index contributed by atoms with van der Waals surface area (Å²) in [6, 6.07) is 3.52. The van der Waals surface area contributed by atoms with Crippen molar-refractivity contribution >= 4 is 11.8 Å². The van der Waals surface area contributed by atoms with Crippen molar-refractivity contribution in [3.8, 4) is 0 Å². The van der Waals surface area contributed by atoms with E-state index in [2.05, 4.69) is 17.2 Å². The van der Waals surface area contributed by atoms with Crippen LogP contribution in [0.4, 0.5) is 5.82 Å². The van der Waals surface area contributed by atoms with E-state index in [1.165, 1.54) is 7.11 Å². The maximum atomic E-state index is 11.5. The number of aryl methyl sites for hydroxylation is 1. The largest absolute Gasteiger partial charge is 0.465 e. The lowest BCUT2D eigenvalue weighted by Gasteiger charge is -2.23. The Hall–Kier alpha value is -1.62. The molecule has 5 heteroatoms.